The van der Waals surface area contributed by atoms with E-state index < -0.39 is 11.9 Å². The summed E-state index contributed by atoms with van der Waals surface area (Å²) in [6, 6.07) is 6.86. The first kappa shape index (κ1) is 12.1. The molecule has 1 atom stereocenters. The fraction of sp³-hybridized carbons (Fsp3) is 0.143. The minimum absolute atomic E-state index is 0.337. The number of aryl methyl sites for hydroxylation is 1. The van der Waals surface area contributed by atoms with Crippen molar-refractivity contribution in [1.29, 1.82) is 0 Å². The van der Waals surface area contributed by atoms with Crippen LogP contribution in [0.3, 0.4) is 0 Å². The highest BCUT2D eigenvalue weighted by Gasteiger charge is 2.26. The van der Waals surface area contributed by atoms with E-state index in [2.05, 4.69) is 0 Å². The molecule has 2 N–H and O–H groups in total. The maximum Gasteiger partial charge on any atom is 0.325 e. The van der Waals surface area contributed by atoms with E-state index in [4.69, 9.17) is 5.73 Å². The van der Waals surface area contributed by atoms with Gasteiger partial charge < -0.3 is 5.73 Å². The minimum Gasteiger partial charge on any atom is -0.351 e. The van der Waals surface area contributed by atoms with E-state index >= 15 is 0 Å². The van der Waals surface area contributed by atoms with Crippen molar-refractivity contribution in [3.8, 4) is 0 Å². The van der Waals surface area contributed by atoms with Crippen LogP contribution in [0.25, 0.3) is 0 Å². The largest absolute Gasteiger partial charge is 0.351 e. The number of amides is 3. The average molecular weight is 242 g/mol. The zero-order valence-corrected chi connectivity index (χ0v) is 10.0. The fourth-order valence-electron chi connectivity index (χ4n) is 1.83. The van der Waals surface area contributed by atoms with Crippen molar-refractivity contribution in [1.82, 2.24) is 4.90 Å². The molecule has 2 rings (SSSR count). The number of rotatable bonds is 1. The predicted molar refractivity (Wildman–Crippen MR) is 68.6 cm³/mol. The molecule has 18 heavy (non-hydrogen) atoms. The van der Waals surface area contributed by atoms with Gasteiger partial charge in [-0.3, -0.25) is 4.79 Å². The van der Waals surface area contributed by atoms with Gasteiger partial charge in [0, 0.05) is 6.20 Å². The number of benzene rings is 1. The Kier molecular flexibility index (Phi) is 3.28. The lowest BCUT2D eigenvalue weighted by atomic mass is 9.96. The van der Waals surface area contributed by atoms with Gasteiger partial charge in [-0.1, -0.05) is 42.0 Å². The fourth-order valence-corrected chi connectivity index (χ4v) is 1.83. The summed E-state index contributed by atoms with van der Waals surface area (Å²) in [5, 5.41) is 0. The van der Waals surface area contributed by atoms with E-state index in [1.54, 1.807) is 18.2 Å². The maximum atomic E-state index is 12.2. The number of hydrogen-bond acceptors (Lipinski definition) is 2. The van der Waals surface area contributed by atoms with Crippen molar-refractivity contribution in [2.24, 2.45) is 5.73 Å². The van der Waals surface area contributed by atoms with Crippen molar-refractivity contribution in [2.75, 3.05) is 0 Å². The van der Waals surface area contributed by atoms with Crippen LogP contribution in [0.5, 0.6) is 0 Å². The second kappa shape index (κ2) is 4.87. The molecule has 0 fully saturated rings. The van der Waals surface area contributed by atoms with Crippen LogP contribution >= 0.6 is 0 Å². The molecule has 0 saturated heterocycles. The number of carbonyl (C=O) groups is 2. The molecule has 0 aliphatic carbocycles. The summed E-state index contributed by atoms with van der Waals surface area (Å²) >= 11 is 0. The summed E-state index contributed by atoms with van der Waals surface area (Å²) in [5.41, 5.74) is 7.14. The molecule has 0 bridgehead atoms. The molecule has 4 nitrogen and oxygen atoms in total. The lowest BCUT2D eigenvalue weighted by molar-refractivity contribution is -0.126. The lowest BCUT2D eigenvalue weighted by Crippen LogP contribution is -2.38. The molecule has 4 heteroatoms. The molecule has 3 amide bonds. The molecule has 92 valence electrons. The molecule has 1 heterocycles. The van der Waals surface area contributed by atoms with Crippen LogP contribution in [0.15, 0.2) is 48.7 Å². The Hall–Kier alpha value is -2.36. The highest BCUT2D eigenvalue weighted by Crippen LogP contribution is 2.22. The Labute approximate surface area is 105 Å². The highest BCUT2D eigenvalue weighted by atomic mass is 16.2. The SMILES string of the molecule is Cc1ccc(C2C=CC=CN(C(N)=O)C2=O)cc1. The van der Waals surface area contributed by atoms with E-state index in [-0.39, 0.29) is 5.91 Å². The number of carbonyl (C=O) groups excluding carboxylic acids is 2. The number of nitrogens with two attached hydrogens (primary N) is 1. The van der Waals surface area contributed by atoms with E-state index in [0.717, 1.165) is 16.0 Å². The molecule has 1 aromatic rings. The van der Waals surface area contributed by atoms with Crippen molar-refractivity contribution in [2.45, 2.75) is 12.8 Å². The van der Waals surface area contributed by atoms with Crippen LogP contribution in [0.4, 0.5) is 4.79 Å². The molecule has 0 saturated carbocycles. The van der Waals surface area contributed by atoms with Crippen LogP contribution in [-0.2, 0) is 4.79 Å². The van der Waals surface area contributed by atoms with Gasteiger partial charge in [-0.2, -0.15) is 0 Å². The molecule has 1 aliphatic rings. The van der Waals surface area contributed by atoms with Gasteiger partial charge in [0.05, 0.1) is 5.92 Å². The van der Waals surface area contributed by atoms with Gasteiger partial charge in [-0.15, -0.1) is 0 Å². The van der Waals surface area contributed by atoms with E-state index in [9.17, 15) is 9.59 Å². The summed E-state index contributed by atoms with van der Waals surface area (Å²) in [6.07, 6.45) is 6.50. The maximum absolute atomic E-state index is 12.2. The molecule has 1 aliphatic heterocycles. The minimum atomic E-state index is -0.767. The molecule has 0 spiro atoms. The molecule has 1 unspecified atom stereocenters. The standard InChI is InChI=1S/C14H14N2O2/c1-10-5-7-11(8-6-10)12-4-2-3-9-16(13(12)17)14(15)18/h2-9,12H,1H3,(H2,15,18). The summed E-state index contributed by atoms with van der Waals surface area (Å²) in [6.45, 7) is 1.98. The summed E-state index contributed by atoms with van der Waals surface area (Å²) in [5.74, 6) is -0.815. The topological polar surface area (TPSA) is 63.4 Å². The van der Waals surface area contributed by atoms with Gasteiger partial charge in [-0.05, 0) is 18.6 Å². The van der Waals surface area contributed by atoms with Gasteiger partial charge in [0.15, 0.2) is 0 Å². The monoisotopic (exact) mass is 242 g/mol. The third-order valence-corrected chi connectivity index (χ3v) is 2.83. The number of nitrogens with zero attached hydrogens (tertiary/aromatic N) is 1. The van der Waals surface area contributed by atoms with Crippen LogP contribution < -0.4 is 5.73 Å². The molecular formula is C14H14N2O2. The number of hydrogen-bond donors (Lipinski definition) is 1. The molecule has 0 aromatic heterocycles. The molecular weight excluding hydrogens is 228 g/mol. The normalized spacial score (nSPS) is 18.8. The van der Waals surface area contributed by atoms with Gasteiger partial charge in [0.25, 0.3) is 0 Å². The first-order valence-electron chi connectivity index (χ1n) is 5.63. The zero-order valence-electron chi connectivity index (χ0n) is 10.0. The van der Waals surface area contributed by atoms with Crippen LogP contribution in [0.2, 0.25) is 0 Å². The number of urea groups is 1. The zero-order chi connectivity index (χ0) is 13.1. The second-order valence-corrected chi connectivity index (χ2v) is 4.16. The molecule has 1 aromatic carbocycles. The van der Waals surface area contributed by atoms with Crippen LogP contribution in [0.1, 0.15) is 17.0 Å². The van der Waals surface area contributed by atoms with Crippen molar-refractivity contribution in [3.05, 3.63) is 59.8 Å². The van der Waals surface area contributed by atoms with E-state index in [1.807, 2.05) is 31.2 Å². The Bertz CT molecular complexity index is 529. The Morgan fingerprint density at radius 3 is 2.50 bits per heavy atom. The molecule has 0 radical (unpaired) electrons. The number of primary amides is 1. The Morgan fingerprint density at radius 1 is 1.22 bits per heavy atom. The number of imide groups is 1. The van der Waals surface area contributed by atoms with Crippen LogP contribution in [0, 0.1) is 6.92 Å². The summed E-state index contributed by atoms with van der Waals surface area (Å²) < 4.78 is 0. The van der Waals surface area contributed by atoms with Crippen molar-refractivity contribution >= 4 is 11.9 Å². The Morgan fingerprint density at radius 2 is 1.89 bits per heavy atom. The smallest absolute Gasteiger partial charge is 0.325 e. The summed E-state index contributed by atoms with van der Waals surface area (Å²) in [4.78, 5) is 24.3. The summed E-state index contributed by atoms with van der Waals surface area (Å²) in [7, 11) is 0. The number of allylic oxidation sites excluding steroid dienone is 2. The third-order valence-electron chi connectivity index (χ3n) is 2.83. The van der Waals surface area contributed by atoms with Crippen molar-refractivity contribution in [3.63, 3.8) is 0 Å². The van der Waals surface area contributed by atoms with Gasteiger partial charge in [-0.25, -0.2) is 9.69 Å². The quantitative estimate of drug-likeness (QED) is 0.819. The van der Waals surface area contributed by atoms with Gasteiger partial charge in [0.1, 0.15) is 0 Å². The lowest BCUT2D eigenvalue weighted by Gasteiger charge is -2.18. The highest BCUT2D eigenvalue weighted by molar-refractivity contribution is 5.99. The van der Waals surface area contributed by atoms with E-state index in [0.29, 0.717) is 0 Å². The first-order valence-corrected chi connectivity index (χ1v) is 5.63. The third kappa shape index (κ3) is 2.32. The predicted octanol–water partition coefficient (Wildman–Crippen LogP) is 2.07. The van der Waals surface area contributed by atoms with E-state index in [1.165, 1.54) is 6.20 Å². The Balaban J connectivity index is 2.35. The van der Waals surface area contributed by atoms with Crippen LogP contribution in [-0.4, -0.2) is 16.8 Å². The van der Waals surface area contributed by atoms with Gasteiger partial charge in [0.2, 0.25) is 5.91 Å². The first-order chi connectivity index (χ1) is 8.59. The van der Waals surface area contributed by atoms with Crippen molar-refractivity contribution < 1.29 is 9.59 Å². The van der Waals surface area contributed by atoms with Gasteiger partial charge >= 0.3 is 6.03 Å². The average Bonchev–Trinajstić information content (AvgIpc) is 2.52. The second-order valence-electron chi connectivity index (χ2n) is 4.16.